The molecule has 0 amide bonds. The molecule has 1 atom stereocenters. The van der Waals surface area contributed by atoms with Crippen molar-refractivity contribution in [3.63, 3.8) is 0 Å². The van der Waals surface area contributed by atoms with E-state index < -0.39 is 6.42 Å². The van der Waals surface area contributed by atoms with Crippen LogP contribution < -0.4 is 9.68 Å². The molecular formula is C22H31N3OPS+. The van der Waals surface area contributed by atoms with Gasteiger partial charge in [-0.1, -0.05) is 37.5 Å². The van der Waals surface area contributed by atoms with Crippen LogP contribution in [0.5, 0.6) is 0 Å². The van der Waals surface area contributed by atoms with Crippen LogP contribution in [-0.2, 0) is 16.3 Å². The molecule has 1 N–H and O–H groups in total. The largest absolute Gasteiger partial charge is 0.326 e. The molecule has 0 bridgehead atoms. The Hall–Kier alpha value is -1.00. The lowest BCUT2D eigenvalue weighted by atomic mass is 9.98. The highest BCUT2D eigenvalue weighted by Gasteiger charge is 2.48. The summed E-state index contributed by atoms with van der Waals surface area (Å²) in [6, 6.07) is 10.5. The van der Waals surface area contributed by atoms with Crippen molar-refractivity contribution in [3.05, 3.63) is 41.3 Å². The zero-order valence-electron chi connectivity index (χ0n) is 16.6. The van der Waals surface area contributed by atoms with Crippen LogP contribution in [0.25, 0.3) is 0 Å². The van der Waals surface area contributed by atoms with Gasteiger partial charge in [-0.2, -0.15) is 5.10 Å². The Kier molecular flexibility index (Phi) is 5.44. The van der Waals surface area contributed by atoms with E-state index in [-0.39, 0.29) is 0 Å². The number of para-hydroxylation sites is 1. The summed E-state index contributed by atoms with van der Waals surface area (Å²) in [4.78, 5) is 1.65. The van der Waals surface area contributed by atoms with Crippen molar-refractivity contribution in [2.45, 2.75) is 70.3 Å². The van der Waals surface area contributed by atoms with Crippen molar-refractivity contribution in [2.75, 3.05) is 17.9 Å². The number of hydrogen-bond donors (Lipinski definition) is 1. The minimum atomic E-state index is -2.39. The van der Waals surface area contributed by atoms with Crippen LogP contribution in [-0.4, -0.2) is 24.9 Å². The average Bonchev–Trinajstić information content (AvgIpc) is 3.37. The Morgan fingerprint density at radius 3 is 2.46 bits per heavy atom. The molecule has 1 saturated heterocycles. The van der Waals surface area contributed by atoms with E-state index in [0.717, 1.165) is 24.9 Å². The van der Waals surface area contributed by atoms with E-state index in [2.05, 4.69) is 35.1 Å². The van der Waals surface area contributed by atoms with Crippen molar-refractivity contribution in [1.82, 2.24) is 0 Å². The van der Waals surface area contributed by atoms with Gasteiger partial charge in [0, 0.05) is 19.3 Å². The number of allylic oxidation sites excluding steroid dienone is 2. The molecule has 150 valence electrons. The number of hydrogen-bond acceptors (Lipinski definition) is 3. The van der Waals surface area contributed by atoms with Gasteiger partial charge in [-0.25, -0.2) is 4.78 Å². The zero-order valence-corrected chi connectivity index (χ0v) is 18.3. The molecule has 2 fully saturated rings. The Morgan fingerprint density at radius 1 is 0.964 bits per heavy atom. The van der Waals surface area contributed by atoms with E-state index in [1.54, 1.807) is 10.6 Å². The van der Waals surface area contributed by atoms with Crippen LogP contribution in [0, 0.1) is 0 Å². The lowest BCUT2D eigenvalue weighted by Crippen LogP contribution is -3.08. The van der Waals surface area contributed by atoms with E-state index >= 15 is 0 Å². The Bertz CT molecular complexity index is 825. The summed E-state index contributed by atoms with van der Waals surface area (Å²) in [5.41, 5.74) is 3.86. The van der Waals surface area contributed by atoms with Crippen molar-refractivity contribution >= 4 is 29.6 Å². The van der Waals surface area contributed by atoms with E-state index in [4.69, 9.17) is 21.4 Å². The molecule has 5 rings (SSSR count). The summed E-state index contributed by atoms with van der Waals surface area (Å²) in [6.07, 6.45) is 10.1. The zero-order chi connectivity index (χ0) is 19.0. The SMILES string of the molecule is S=[P@]1(OC2CCCCC2)C2=C([NH+]3CCCC3)CCCC2=NN1c1ccccc1. The number of anilines is 1. The van der Waals surface area contributed by atoms with Gasteiger partial charge >= 0.3 is 0 Å². The molecule has 2 aliphatic heterocycles. The summed E-state index contributed by atoms with van der Waals surface area (Å²) in [7, 11) is 0. The van der Waals surface area contributed by atoms with Crippen LogP contribution in [0.1, 0.15) is 64.2 Å². The molecule has 4 nitrogen and oxygen atoms in total. The maximum absolute atomic E-state index is 6.93. The summed E-state index contributed by atoms with van der Waals surface area (Å²) in [6.45, 7) is 2.49. The number of quaternary nitrogens is 1. The quantitative estimate of drug-likeness (QED) is 0.728. The fourth-order valence-corrected chi connectivity index (χ4v) is 9.39. The van der Waals surface area contributed by atoms with Crippen LogP contribution in [0.15, 0.2) is 46.4 Å². The van der Waals surface area contributed by atoms with Gasteiger partial charge in [0.05, 0.1) is 30.6 Å². The third-order valence-electron chi connectivity index (χ3n) is 6.61. The van der Waals surface area contributed by atoms with Crippen LogP contribution in [0.3, 0.4) is 0 Å². The first kappa shape index (κ1) is 19.0. The van der Waals surface area contributed by atoms with Crippen molar-refractivity contribution in [3.8, 4) is 0 Å². The molecule has 6 heteroatoms. The van der Waals surface area contributed by atoms with E-state index in [9.17, 15) is 0 Å². The van der Waals surface area contributed by atoms with Gasteiger partial charge in [-0.3, -0.25) is 0 Å². The summed E-state index contributed by atoms with van der Waals surface area (Å²) < 4.78 is 9.06. The highest BCUT2D eigenvalue weighted by Crippen LogP contribution is 2.67. The summed E-state index contributed by atoms with van der Waals surface area (Å²) in [5.74, 6) is 0. The first-order valence-electron chi connectivity index (χ1n) is 11.1. The standard InChI is InChI=1S/C22H30N3OPS/c28-27(26-19-12-5-2-6-13-19)22-20(23-25(27)18-10-3-1-4-11-18)14-9-15-21(22)24-16-7-8-17-24/h1,3-4,10-11,19H,2,5-9,12-17H2/p+1/t27-/m1/s1. The molecule has 0 radical (unpaired) electrons. The first-order chi connectivity index (χ1) is 13.8. The number of likely N-dealkylation sites (tertiary alicyclic amines) is 1. The third kappa shape index (κ3) is 3.41. The van der Waals surface area contributed by atoms with Crippen LogP contribution >= 0.6 is 6.42 Å². The monoisotopic (exact) mass is 416 g/mol. The van der Waals surface area contributed by atoms with E-state index in [1.807, 2.05) is 0 Å². The number of benzene rings is 1. The van der Waals surface area contributed by atoms with Crippen LogP contribution in [0.4, 0.5) is 5.69 Å². The Labute approximate surface area is 173 Å². The second-order valence-corrected chi connectivity index (χ2v) is 12.1. The van der Waals surface area contributed by atoms with Gasteiger partial charge in [0.1, 0.15) is 11.0 Å². The average molecular weight is 417 g/mol. The molecule has 0 aromatic heterocycles. The molecular weight excluding hydrogens is 385 g/mol. The highest BCUT2D eigenvalue weighted by atomic mass is 32.4. The molecule has 1 aromatic carbocycles. The highest BCUT2D eigenvalue weighted by molar-refractivity contribution is 8.15. The van der Waals surface area contributed by atoms with E-state index in [0.29, 0.717) is 6.10 Å². The fourth-order valence-electron chi connectivity index (χ4n) is 5.23. The number of rotatable bonds is 4. The number of hydrazone groups is 1. The third-order valence-corrected chi connectivity index (χ3v) is 10.4. The fraction of sp³-hybridized carbons (Fsp3) is 0.591. The smallest absolute Gasteiger partial charge is 0.214 e. The maximum atomic E-state index is 6.93. The van der Waals surface area contributed by atoms with Gasteiger partial charge in [0.2, 0.25) is 6.42 Å². The second-order valence-electron chi connectivity index (χ2n) is 8.55. The predicted octanol–water partition coefficient (Wildman–Crippen LogP) is 4.60. The van der Waals surface area contributed by atoms with Crippen LogP contribution in [0.2, 0.25) is 0 Å². The second kappa shape index (κ2) is 8.02. The topological polar surface area (TPSA) is 29.3 Å². The number of nitrogens with zero attached hydrogens (tertiary/aromatic N) is 2. The van der Waals surface area contributed by atoms with Crippen molar-refractivity contribution in [1.29, 1.82) is 0 Å². The van der Waals surface area contributed by atoms with E-state index in [1.165, 1.54) is 69.1 Å². The molecule has 1 saturated carbocycles. The predicted molar refractivity (Wildman–Crippen MR) is 119 cm³/mol. The molecule has 28 heavy (non-hydrogen) atoms. The van der Waals surface area contributed by atoms with Crippen molar-refractivity contribution in [2.24, 2.45) is 5.10 Å². The summed E-state index contributed by atoms with van der Waals surface area (Å²) >= 11 is 6.49. The molecule has 1 aromatic rings. The Balaban J connectivity index is 1.59. The first-order valence-corrected chi connectivity index (χ1v) is 13.7. The molecule has 2 heterocycles. The number of nitrogens with one attached hydrogen (secondary N) is 1. The maximum Gasteiger partial charge on any atom is 0.214 e. The summed E-state index contributed by atoms with van der Waals surface area (Å²) in [5, 5.41) is 6.47. The molecule has 0 spiro atoms. The molecule has 2 aliphatic carbocycles. The lowest BCUT2D eigenvalue weighted by Gasteiger charge is -2.35. The minimum Gasteiger partial charge on any atom is -0.326 e. The number of fused-ring (bicyclic) bond motifs is 1. The van der Waals surface area contributed by atoms with Gasteiger partial charge < -0.3 is 9.42 Å². The minimum absolute atomic E-state index is 0.296. The normalized spacial score (nSPS) is 29.3. The van der Waals surface area contributed by atoms with Gasteiger partial charge in [0.25, 0.3) is 0 Å². The van der Waals surface area contributed by atoms with Crippen molar-refractivity contribution < 1.29 is 9.42 Å². The molecule has 4 aliphatic rings. The van der Waals surface area contributed by atoms with Gasteiger partial charge in [0.15, 0.2) is 0 Å². The van der Waals surface area contributed by atoms with Gasteiger partial charge in [-0.15, -0.1) is 0 Å². The molecule has 0 unspecified atom stereocenters. The Morgan fingerprint density at radius 2 is 1.71 bits per heavy atom. The lowest BCUT2D eigenvalue weighted by molar-refractivity contribution is -0.849. The van der Waals surface area contributed by atoms with Gasteiger partial charge in [-0.05, 0) is 49.6 Å².